The van der Waals surface area contributed by atoms with Crippen molar-refractivity contribution in [1.82, 2.24) is 9.13 Å². The lowest BCUT2D eigenvalue weighted by Crippen LogP contribution is -2.50. The van der Waals surface area contributed by atoms with Gasteiger partial charge in [-0.05, 0) is 44.9 Å². The minimum absolute atomic E-state index is 0.182. The second kappa shape index (κ2) is 3.73. The van der Waals surface area contributed by atoms with E-state index in [1.807, 2.05) is 0 Å². The van der Waals surface area contributed by atoms with Crippen molar-refractivity contribution in [1.29, 1.82) is 0 Å². The zero-order valence-corrected chi connectivity index (χ0v) is 11.5. The first-order valence-electron chi connectivity index (χ1n) is 6.45. The molecule has 2 fully saturated rings. The molecule has 1 aromatic heterocycles. The molecular formula is C13H17ClN2O2. The van der Waals surface area contributed by atoms with Gasteiger partial charge in [0.2, 0.25) is 0 Å². The van der Waals surface area contributed by atoms with E-state index in [4.69, 9.17) is 11.6 Å². The summed E-state index contributed by atoms with van der Waals surface area (Å²) in [4.78, 5) is 24.7. The lowest BCUT2D eigenvalue weighted by molar-refractivity contribution is 0.266. The van der Waals surface area contributed by atoms with Crippen LogP contribution in [0.5, 0.6) is 0 Å². The fourth-order valence-corrected chi connectivity index (χ4v) is 3.89. The van der Waals surface area contributed by atoms with Crippen molar-refractivity contribution in [3.8, 4) is 0 Å². The van der Waals surface area contributed by atoms with Crippen LogP contribution in [-0.4, -0.2) is 9.13 Å². The van der Waals surface area contributed by atoms with Crippen molar-refractivity contribution in [2.75, 3.05) is 0 Å². The van der Waals surface area contributed by atoms with Crippen molar-refractivity contribution in [3.05, 3.63) is 31.6 Å². The van der Waals surface area contributed by atoms with Crippen LogP contribution in [0.25, 0.3) is 0 Å². The average molecular weight is 269 g/mol. The van der Waals surface area contributed by atoms with Gasteiger partial charge in [0, 0.05) is 12.7 Å². The maximum absolute atomic E-state index is 12.4. The number of nitrogens with zero attached hydrogens (tertiary/aromatic N) is 2. The Morgan fingerprint density at radius 3 is 2.39 bits per heavy atom. The predicted octanol–water partition coefficient (Wildman–Crippen LogP) is 1.80. The number of fused-ring (bicyclic) bond motifs is 2. The topological polar surface area (TPSA) is 44.0 Å². The van der Waals surface area contributed by atoms with Gasteiger partial charge in [-0.15, -0.1) is 0 Å². The Morgan fingerprint density at radius 1 is 1.28 bits per heavy atom. The van der Waals surface area contributed by atoms with Gasteiger partial charge < -0.3 is 0 Å². The highest BCUT2D eigenvalue weighted by Crippen LogP contribution is 2.51. The first-order valence-corrected chi connectivity index (χ1v) is 6.83. The third-order valence-corrected chi connectivity index (χ3v) is 5.30. The zero-order valence-electron chi connectivity index (χ0n) is 10.7. The molecule has 0 aliphatic heterocycles. The summed E-state index contributed by atoms with van der Waals surface area (Å²) in [5.74, 6) is 0.682. The molecule has 2 aliphatic carbocycles. The van der Waals surface area contributed by atoms with Gasteiger partial charge in [-0.1, -0.05) is 11.6 Å². The van der Waals surface area contributed by atoms with E-state index in [1.54, 1.807) is 14.0 Å². The molecule has 3 rings (SSSR count). The Kier molecular flexibility index (Phi) is 2.49. The Labute approximate surface area is 110 Å². The maximum atomic E-state index is 12.4. The zero-order chi connectivity index (χ0) is 13.1. The lowest BCUT2D eigenvalue weighted by Gasteiger charge is -2.29. The van der Waals surface area contributed by atoms with Gasteiger partial charge in [0.15, 0.2) is 0 Å². The molecule has 0 unspecified atom stereocenters. The smallest absolute Gasteiger partial charge is 0.299 e. The number of halogens is 1. The van der Waals surface area contributed by atoms with Gasteiger partial charge in [-0.3, -0.25) is 13.9 Å². The summed E-state index contributed by atoms with van der Waals surface area (Å²) in [6.07, 6.45) is 5.09. The highest BCUT2D eigenvalue weighted by molar-refractivity contribution is 6.31. The Morgan fingerprint density at radius 2 is 1.89 bits per heavy atom. The van der Waals surface area contributed by atoms with Crippen LogP contribution in [0.1, 0.15) is 37.8 Å². The summed E-state index contributed by atoms with van der Waals surface area (Å²) in [6, 6.07) is 0. The minimum atomic E-state index is -0.306. The molecule has 2 aliphatic rings. The third-order valence-electron chi connectivity index (χ3n) is 4.87. The van der Waals surface area contributed by atoms with Crippen molar-refractivity contribution in [2.24, 2.45) is 13.0 Å². The molecule has 2 saturated carbocycles. The first-order chi connectivity index (χ1) is 8.46. The summed E-state index contributed by atoms with van der Waals surface area (Å²) in [6.45, 7) is 1.71. The van der Waals surface area contributed by atoms with E-state index in [0.29, 0.717) is 11.6 Å². The van der Waals surface area contributed by atoms with Crippen LogP contribution in [0.15, 0.2) is 9.59 Å². The third kappa shape index (κ3) is 1.38. The van der Waals surface area contributed by atoms with Crippen LogP contribution >= 0.6 is 11.6 Å². The van der Waals surface area contributed by atoms with E-state index in [-0.39, 0.29) is 21.8 Å². The standard InChI is InChI=1S/C13H17ClN2O2/c1-8-10(14)11(17)16(12(18)15(8)2)13-5-3-9(7-13)4-6-13/h9H,3-7H2,1-2H3. The van der Waals surface area contributed by atoms with Gasteiger partial charge in [0.05, 0.1) is 5.54 Å². The highest BCUT2D eigenvalue weighted by atomic mass is 35.5. The van der Waals surface area contributed by atoms with Crippen molar-refractivity contribution >= 4 is 11.6 Å². The molecule has 18 heavy (non-hydrogen) atoms. The average Bonchev–Trinajstić information content (AvgIpc) is 2.95. The highest BCUT2D eigenvalue weighted by Gasteiger charge is 2.48. The van der Waals surface area contributed by atoms with E-state index in [2.05, 4.69) is 0 Å². The van der Waals surface area contributed by atoms with E-state index in [9.17, 15) is 9.59 Å². The molecule has 0 aromatic carbocycles. The quantitative estimate of drug-likeness (QED) is 0.780. The van der Waals surface area contributed by atoms with E-state index in [0.717, 1.165) is 32.1 Å². The molecule has 0 spiro atoms. The summed E-state index contributed by atoms with van der Waals surface area (Å²) >= 11 is 6.08. The summed E-state index contributed by atoms with van der Waals surface area (Å²) in [5.41, 5.74) is -0.232. The maximum Gasteiger partial charge on any atom is 0.331 e. The van der Waals surface area contributed by atoms with Gasteiger partial charge in [0.25, 0.3) is 5.56 Å². The molecule has 98 valence electrons. The number of hydrogen-bond acceptors (Lipinski definition) is 2. The van der Waals surface area contributed by atoms with E-state index >= 15 is 0 Å². The Hall–Kier alpha value is -1.03. The van der Waals surface area contributed by atoms with Crippen LogP contribution in [0.4, 0.5) is 0 Å². The molecule has 0 radical (unpaired) electrons. The van der Waals surface area contributed by atoms with Crippen LogP contribution in [0, 0.1) is 12.8 Å². The molecule has 2 bridgehead atoms. The van der Waals surface area contributed by atoms with Crippen LogP contribution in [0.3, 0.4) is 0 Å². The molecular weight excluding hydrogens is 252 g/mol. The number of hydrogen-bond donors (Lipinski definition) is 0. The summed E-state index contributed by atoms with van der Waals surface area (Å²) in [7, 11) is 1.68. The summed E-state index contributed by atoms with van der Waals surface area (Å²) in [5, 5.41) is 0.182. The van der Waals surface area contributed by atoms with E-state index < -0.39 is 0 Å². The fourth-order valence-electron chi connectivity index (χ4n) is 3.67. The predicted molar refractivity (Wildman–Crippen MR) is 70.2 cm³/mol. The van der Waals surface area contributed by atoms with Gasteiger partial charge in [-0.2, -0.15) is 0 Å². The minimum Gasteiger partial charge on any atom is -0.299 e. The monoisotopic (exact) mass is 268 g/mol. The van der Waals surface area contributed by atoms with Crippen LogP contribution in [-0.2, 0) is 12.6 Å². The first kappa shape index (κ1) is 12.0. The molecule has 1 heterocycles. The van der Waals surface area contributed by atoms with Gasteiger partial charge >= 0.3 is 5.69 Å². The van der Waals surface area contributed by atoms with Crippen molar-refractivity contribution < 1.29 is 0 Å². The van der Waals surface area contributed by atoms with E-state index in [1.165, 1.54) is 9.13 Å². The number of aromatic nitrogens is 2. The molecule has 0 amide bonds. The fraction of sp³-hybridized carbons (Fsp3) is 0.692. The second-order valence-corrected chi connectivity index (χ2v) is 6.13. The largest absolute Gasteiger partial charge is 0.331 e. The molecule has 5 heteroatoms. The Balaban J connectivity index is 2.31. The summed E-state index contributed by atoms with van der Waals surface area (Å²) < 4.78 is 2.93. The van der Waals surface area contributed by atoms with Gasteiger partial charge in [-0.25, -0.2) is 4.79 Å². The van der Waals surface area contributed by atoms with Crippen LogP contribution < -0.4 is 11.2 Å². The molecule has 1 aromatic rings. The Bertz CT molecular complexity index is 584. The molecule has 4 nitrogen and oxygen atoms in total. The van der Waals surface area contributed by atoms with Crippen molar-refractivity contribution in [2.45, 2.75) is 44.6 Å². The van der Waals surface area contributed by atoms with Gasteiger partial charge in [0.1, 0.15) is 5.02 Å². The SMILES string of the molecule is Cc1c(Cl)c(=O)n(C23CCC(CC2)C3)c(=O)n1C. The lowest BCUT2D eigenvalue weighted by atomic mass is 9.93. The van der Waals surface area contributed by atoms with Crippen LogP contribution in [0.2, 0.25) is 5.02 Å². The number of rotatable bonds is 1. The molecule has 0 saturated heterocycles. The second-order valence-electron chi connectivity index (χ2n) is 5.75. The molecule has 0 atom stereocenters. The normalized spacial score (nSPS) is 30.1. The molecule has 0 N–H and O–H groups in total. The van der Waals surface area contributed by atoms with Crippen molar-refractivity contribution in [3.63, 3.8) is 0 Å².